The summed E-state index contributed by atoms with van der Waals surface area (Å²) < 4.78 is 5.14. The second-order valence-corrected chi connectivity index (χ2v) is 4.54. The molecule has 20 heavy (non-hydrogen) atoms. The van der Waals surface area contributed by atoms with Crippen molar-refractivity contribution in [2.45, 2.75) is 25.8 Å². The van der Waals surface area contributed by atoms with Crippen LogP contribution in [0.25, 0.3) is 0 Å². The minimum atomic E-state index is 0.0897. The van der Waals surface area contributed by atoms with Crippen LogP contribution in [0.4, 0.5) is 0 Å². The average Bonchev–Trinajstić information content (AvgIpc) is 2.53. The standard InChI is InChI=1S/C15H20N4O/c1-4-11-5-6-12(17-9-11)7-13(16-2)14-8-15(20-3)19-10-18-14/h5-6,8-10,13,16H,4,7H2,1-3H3. The zero-order valence-corrected chi connectivity index (χ0v) is 12.1. The van der Waals surface area contributed by atoms with Gasteiger partial charge in [-0.15, -0.1) is 0 Å². The van der Waals surface area contributed by atoms with Crippen LogP contribution in [-0.4, -0.2) is 29.1 Å². The number of methoxy groups -OCH3 is 1. The van der Waals surface area contributed by atoms with E-state index in [0.717, 1.165) is 24.2 Å². The molecule has 0 radical (unpaired) electrons. The lowest BCUT2D eigenvalue weighted by Gasteiger charge is -2.15. The molecule has 0 amide bonds. The highest BCUT2D eigenvalue weighted by Gasteiger charge is 2.13. The Kier molecular flexibility index (Phi) is 5.01. The Morgan fingerprint density at radius 3 is 2.70 bits per heavy atom. The number of ether oxygens (including phenoxy) is 1. The molecule has 106 valence electrons. The number of aromatic nitrogens is 3. The van der Waals surface area contributed by atoms with Gasteiger partial charge in [-0.25, -0.2) is 9.97 Å². The van der Waals surface area contributed by atoms with Gasteiger partial charge in [0.05, 0.1) is 18.8 Å². The maximum atomic E-state index is 5.14. The van der Waals surface area contributed by atoms with E-state index in [-0.39, 0.29) is 6.04 Å². The first-order valence-corrected chi connectivity index (χ1v) is 6.73. The second kappa shape index (κ2) is 6.96. The van der Waals surface area contributed by atoms with Crippen molar-refractivity contribution < 1.29 is 4.74 Å². The number of aryl methyl sites for hydroxylation is 1. The van der Waals surface area contributed by atoms with Gasteiger partial charge in [0.1, 0.15) is 6.33 Å². The van der Waals surface area contributed by atoms with E-state index in [4.69, 9.17) is 4.74 Å². The first-order valence-electron chi connectivity index (χ1n) is 6.73. The minimum absolute atomic E-state index is 0.0897. The van der Waals surface area contributed by atoms with Gasteiger partial charge in [0.15, 0.2) is 0 Å². The minimum Gasteiger partial charge on any atom is -0.481 e. The summed E-state index contributed by atoms with van der Waals surface area (Å²) in [6, 6.07) is 6.13. The fraction of sp³-hybridized carbons (Fsp3) is 0.400. The number of nitrogens with zero attached hydrogens (tertiary/aromatic N) is 3. The van der Waals surface area contributed by atoms with Gasteiger partial charge < -0.3 is 10.1 Å². The Morgan fingerprint density at radius 1 is 1.25 bits per heavy atom. The van der Waals surface area contributed by atoms with E-state index in [9.17, 15) is 0 Å². The highest BCUT2D eigenvalue weighted by molar-refractivity contribution is 5.20. The van der Waals surface area contributed by atoms with Crippen LogP contribution in [0.15, 0.2) is 30.7 Å². The van der Waals surface area contributed by atoms with Gasteiger partial charge in [-0.1, -0.05) is 13.0 Å². The molecule has 0 bridgehead atoms. The van der Waals surface area contributed by atoms with E-state index in [2.05, 4.69) is 39.3 Å². The van der Waals surface area contributed by atoms with Crippen molar-refractivity contribution in [1.29, 1.82) is 0 Å². The van der Waals surface area contributed by atoms with Crippen LogP contribution in [0.3, 0.4) is 0 Å². The molecule has 2 aromatic rings. The molecule has 0 saturated heterocycles. The van der Waals surface area contributed by atoms with Crippen molar-refractivity contribution >= 4 is 0 Å². The van der Waals surface area contributed by atoms with Gasteiger partial charge in [-0.3, -0.25) is 4.98 Å². The van der Waals surface area contributed by atoms with Crippen LogP contribution in [0.5, 0.6) is 5.88 Å². The average molecular weight is 272 g/mol. The first-order chi connectivity index (χ1) is 9.76. The van der Waals surface area contributed by atoms with Gasteiger partial charge in [-0.2, -0.15) is 0 Å². The van der Waals surface area contributed by atoms with Gasteiger partial charge in [0, 0.05) is 24.4 Å². The summed E-state index contributed by atoms with van der Waals surface area (Å²) in [5, 5.41) is 3.26. The molecule has 2 heterocycles. The van der Waals surface area contributed by atoms with E-state index in [1.54, 1.807) is 7.11 Å². The molecule has 5 heteroatoms. The molecule has 0 aliphatic carbocycles. The summed E-state index contributed by atoms with van der Waals surface area (Å²) in [5.41, 5.74) is 3.19. The molecule has 1 atom stereocenters. The van der Waals surface area contributed by atoms with Gasteiger partial charge in [-0.05, 0) is 25.1 Å². The molecular formula is C15H20N4O. The number of likely N-dealkylation sites (N-methyl/N-ethyl adjacent to an activating group) is 1. The Morgan fingerprint density at radius 2 is 2.10 bits per heavy atom. The Labute approximate surface area is 119 Å². The van der Waals surface area contributed by atoms with E-state index >= 15 is 0 Å². The molecule has 0 saturated carbocycles. The molecular weight excluding hydrogens is 252 g/mol. The van der Waals surface area contributed by atoms with Crippen molar-refractivity contribution in [1.82, 2.24) is 20.3 Å². The normalized spacial score (nSPS) is 12.2. The molecule has 1 unspecified atom stereocenters. The molecule has 2 rings (SSSR count). The highest BCUT2D eigenvalue weighted by Crippen LogP contribution is 2.18. The molecule has 0 aliphatic rings. The van der Waals surface area contributed by atoms with Gasteiger partial charge in [0.25, 0.3) is 0 Å². The van der Waals surface area contributed by atoms with Gasteiger partial charge in [0.2, 0.25) is 5.88 Å². The zero-order valence-electron chi connectivity index (χ0n) is 12.1. The predicted octanol–water partition coefficient (Wildman–Crippen LogP) is 1.95. The summed E-state index contributed by atoms with van der Waals surface area (Å²) in [6.07, 6.45) is 5.24. The quantitative estimate of drug-likeness (QED) is 0.871. The van der Waals surface area contributed by atoms with Crippen LogP contribution < -0.4 is 10.1 Å². The van der Waals surface area contributed by atoms with E-state index in [1.807, 2.05) is 19.3 Å². The van der Waals surface area contributed by atoms with E-state index in [0.29, 0.717) is 5.88 Å². The Hall–Kier alpha value is -2.01. The van der Waals surface area contributed by atoms with Crippen LogP contribution in [0.2, 0.25) is 0 Å². The Bertz CT molecular complexity index is 542. The zero-order chi connectivity index (χ0) is 14.4. The third-order valence-electron chi connectivity index (χ3n) is 3.29. The smallest absolute Gasteiger partial charge is 0.216 e. The summed E-state index contributed by atoms with van der Waals surface area (Å²) in [5.74, 6) is 0.574. The van der Waals surface area contributed by atoms with Gasteiger partial charge >= 0.3 is 0 Å². The third-order valence-corrected chi connectivity index (χ3v) is 3.29. The van der Waals surface area contributed by atoms with Crippen LogP contribution in [-0.2, 0) is 12.8 Å². The van der Waals surface area contributed by atoms with Crippen molar-refractivity contribution in [3.63, 3.8) is 0 Å². The highest BCUT2D eigenvalue weighted by atomic mass is 16.5. The third kappa shape index (κ3) is 3.51. The van der Waals surface area contributed by atoms with Crippen molar-refractivity contribution in [3.05, 3.63) is 47.7 Å². The molecule has 2 aromatic heterocycles. The molecule has 0 aromatic carbocycles. The fourth-order valence-corrected chi connectivity index (χ4v) is 2.00. The maximum Gasteiger partial charge on any atom is 0.216 e. The summed E-state index contributed by atoms with van der Waals surface area (Å²) in [6.45, 7) is 2.13. The molecule has 0 aliphatic heterocycles. The lowest BCUT2D eigenvalue weighted by atomic mass is 10.1. The molecule has 1 N–H and O–H groups in total. The number of hydrogen-bond acceptors (Lipinski definition) is 5. The fourth-order valence-electron chi connectivity index (χ4n) is 2.00. The Balaban J connectivity index is 2.14. The number of nitrogens with one attached hydrogen (secondary N) is 1. The largest absolute Gasteiger partial charge is 0.481 e. The maximum absolute atomic E-state index is 5.14. The summed E-state index contributed by atoms with van der Waals surface area (Å²) in [4.78, 5) is 12.8. The lowest BCUT2D eigenvalue weighted by molar-refractivity contribution is 0.394. The summed E-state index contributed by atoms with van der Waals surface area (Å²) >= 11 is 0. The van der Waals surface area contributed by atoms with Crippen molar-refractivity contribution in [2.24, 2.45) is 0 Å². The van der Waals surface area contributed by atoms with E-state index < -0.39 is 0 Å². The molecule has 5 nitrogen and oxygen atoms in total. The van der Waals surface area contributed by atoms with Crippen molar-refractivity contribution in [2.75, 3.05) is 14.2 Å². The first kappa shape index (κ1) is 14.4. The topological polar surface area (TPSA) is 59.9 Å². The second-order valence-electron chi connectivity index (χ2n) is 4.54. The van der Waals surface area contributed by atoms with Crippen LogP contribution in [0, 0.1) is 0 Å². The van der Waals surface area contributed by atoms with Crippen LogP contribution in [0.1, 0.15) is 29.9 Å². The number of pyridine rings is 1. The number of hydrogen-bond donors (Lipinski definition) is 1. The number of rotatable bonds is 6. The summed E-state index contributed by atoms with van der Waals surface area (Å²) in [7, 11) is 3.52. The predicted molar refractivity (Wildman–Crippen MR) is 77.7 cm³/mol. The monoisotopic (exact) mass is 272 g/mol. The van der Waals surface area contributed by atoms with Crippen LogP contribution >= 0.6 is 0 Å². The van der Waals surface area contributed by atoms with Crippen molar-refractivity contribution in [3.8, 4) is 5.88 Å². The molecule has 0 fully saturated rings. The lowest BCUT2D eigenvalue weighted by Crippen LogP contribution is -2.20. The molecule has 0 spiro atoms. The SMILES string of the molecule is CCc1ccc(CC(NC)c2cc(OC)ncn2)nc1. The van der Waals surface area contributed by atoms with E-state index in [1.165, 1.54) is 11.9 Å².